The van der Waals surface area contributed by atoms with E-state index in [4.69, 9.17) is 10.5 Å². The highest BCUT2D eigenvalue weighted by Gasteiger charge is 2.07. The first-order valence-corrected chi connectivity index (χ1v) is 5.41. The van der Waals surface area contributed by atoms with Gasteiger partial charge < -0.3 is 15.4 Å². The first-order chi connectivity index (χ1) is 7.22. The SMILES string of the molecule is CCCN(CC)c1ccc(OC)cc1N. The summed E-state index contributed by atoms with van der Waals surface area (Å²) in [7, 11) is 1.65. The molecule has 0 fully saturated rings. The molecule has 1 aromatic carbocycles. The summed E-state index contributed by atoms with van der Waals surface area (Å²) >= 11 is 0. The van der Waals surface area contributed by atoms with E-state index in [-0.39, 0.29) is 0 Å². The van der Waals surface area contributed by atoms with Gasteiger partial charge in [0.1, 0.15) is 5.75 Å². The monoisotopic (exact) mass is 208 g/mol. The average molecular weight is 208 g/mol. The molecule has 0 aliphatic carbocycles. The molecule has 0 atom stereocenters. The number of nitrogens with two attached hydrogens (primary N) is 1. The Morgan fingerprint density at radius 3 is 2.53 bits per heavy atom. The van der Waals surface area contributed by atoms with Gasteiger partial charge >= 0.3 is 0 Å². The fraction of sp³-hybridized carbons (Fsp3) is 0.500. The van der Waals surface area contributed by atoms with Crippen molar-refractivity contribution < 1.29 is 4.74 Å². The van der Waals surface area contributed by atoms with Gasteiger partial charge in [0.15, 0.2) is 0 Å². The predicted octanol–water partition coefficient (Wildman–Crippen LogP) is 2.51. The second-order valence-corrected chi connectivity index (χ2v) is 3.50. The minimum atomic E-state index is 0.782. The number of hydrogen-bond donors (Lipinski definition) is 1. The maximum atomic E-state index is 5.98. The van der Waals surface area contributed by atoms with Crippen LogP contribution in [0.4, 0.5) is 11.4 Å². The lowest BCUT2D eigenvalue weighted by Gasteiger charge is -2.24. The molecule has 2 N–H and O–H groups in total. The molecule has 1 aromatic rings. The summed E-state index contributed by atoms with van der Waals surface area (Å²) in [5, 5.41) is 0. The predicted molar refractivity (Wildman–Crippen MR) is 65.6 cm³/mol. The number of nitrogens with zero attached hydrogens (tertiary/aromatic N) is 1. The molecular weight excluding hydrogens is 188 g/mol. The van der Waals surface area contributed by atoms with E-state index in [0.29, 0.717) is 0 Å². The summed E-state index contributed by atoms with van der Waals surface area (Å²) in [5.74, 6) is 0.809. The third-order valence-corrected chi connectivity index (χ3v) is 2.45. The largest absolute Gasteiger partial charge is 0.497 e. The minimum absolute atomic E-state index is 0.782. The van der Waals surface area contributed by atoms with Gasteiger partial charge in [-0.05, 0) is 25.5 Å². The zero-order valence-electron chi connectivity index (χ0n) is 9.79. The zero-order chi connectivity index (χ0) is 11.3. The number of rotatable bonds is 5. The summed E-state index contributed by atoms with van der Waals surface area (Å²) in [6.07, 6.45) is 1.12. The van der Waals surface area contributed by atoms with Crippen molar-refractivity contribution in [1.82, 2.24) is 0 Å². The lowest BCUT2D eigenvalue weighted by Crippen LogP contribution is -2.24. The van der Waals surface area contributed by atoms with Gasteiger partial charge in [-0.3, -0.25) is 0 Å². The standard InChI is InChI=1S/C12H20N2O/c1-4-8-14(5-2)12-7-6-10(15-3)9-11(12)13/h6-7,9H,4-5,8,13H2,1-3H3. The van der Waals surface area contributed by atoms with Crippen LogP contribution in [-0.2, 0) is 0 Å². The van der Waals surface area contributed by atoms with Crippen LogP contribution in [0.2, 0.25) is 0 Å². The number of benzene rings is 1. The van der Waals surface area contributed by atoms with E-state index in [9.17, 15) is 0 Å². The molecule has 1 rings (SSSR count). The van der Waals surface area contributed by atoms with Gasteiger partial charge in [-0.2, -0.15) is 0 Å². The Labute approximate surface area is 91.8 Å². The van der Waals surface area contributed by atoms with E-state index in [2.05, 4.69) is 18.7 Å². The molecule has 3 nitrogen and oxygen atoms in total. The summed E-state index contributed by atoms with van der Waals surface area (Å²) in [6, 6.07) is 5.84. The van der Waals surface area contributed by atoms with Gasteiger partial charge in [-0.25, -0.2) is 0 Å². The average Bonchev–Trinajstić information content (AvgIpc) is 2.26. The van der Waals surface area contributed by atoms with Gasteiger partial charge in [0.25, 0.3) is 0 Å². The lowest BCUT2D eigenvalue weighted by molar-refractivity contribution is 0.415. The Hall–Kier alpha value is -1.38. The van der Waals surface area contributed by atoms with Gasteiger partial charge in [-0.1, -0.05) is 6.92 Å². The molecule has 0 amide bonds. The van der Waals surface area contributed by atoms with Crippen LogP contribution < -0.4 is 15.4 Å². The van der Waals surface area contributed by atoms with Gasteiger partial charge in [0.05, 0.1) is 18.5 Å². The highest BCUT2D eigenvalue weighted by Crippen LogP contribution is 2.27. The smallest absolute Gasteiger partial charge is 0.121 e. The zero-order valence-corrected chi connectivity index (χ0v) is 9.79. The molecule has 3 heteroatoms. The number of nitrogen functional groups attached to an aromatic ring is 1. The number of methoxy groups -OCH3 is 1. The van der Waals surface area contributed by atoms with Crippen molar-refractivity contribution >= 4 is 11.4 Å². The first-order valence-electron chi connectivity index (χ1n) is 5.41. The van der Waals surface area contributed by atoms with Crippen LogP contribution in [-0.4, -0.2) is 20.2 Å². The number of hydrogen-bond acceptors (Lipinski definition) is 3. The molecule has 0 aliphatic heterocycles. The Morgan fingerprint density at radius 1 is 1.33 bits per heavy atom. The second kappa shape index (κ2) is 5.49. The van der Waals surface area contributed by atoms with E-state index in [1.165, 1.54) is 0 Å². The van der Waals surface area contributed by atoms with Crippen molar-refractivity contribution in [3.8, 4) is 5.75 Å². The van der Waals surface area contributed by atoms with Gasteiger partial charge in [0.2, 0.25) is 0 Å². The number of anilines is 2. The van der Waals surface area contributed by atoms with Crippen LogP contribution in [0.3, 0.4) is 0 Å². The summed E-state index contributed by atoms with van der Waals surface area (Å²) < 4.78 is 5.12. The fourth-order valence-electron chi connectivity index (χ4n) is 1.67. The highest BCUT2D eigenvalue weighted by molar-refractivity contribution is 5.69. The molecule has 0 bridgehead atoms. The maximum Gasteiger partial charge on any atom is 0.121 e. The van der Waals surface area contributed by atoms with Crippen molar-refractivity contribution in [3.05, 3.63) is 18.2 Å². The van der Waals surface area contributed by atoms with Crippen LogP contribution in [0.5, 0.6) is 5.75 Å². The van der Waals surface area contributed by atoms with Crippen molar-refractivity contribution in [2.75, 3.05) is 30.8 Å². The van der Waals surface area contributed by atoms with E-state index in [1.807, 2.05) is 18.2 Å². The molecule has 15 heavy (non-hydrogen) atoms. The van der Waals surface area contributed by atoms with Crippen molar-refractivity contribution in [1.29, 1.82) is 0 Å². The Kier molecular flexibility index (Phi) is 4.28. The molecule has 0 aromatic heterocycles. The third-order valence-electron chi connectivity index (χ3n) is 2.45. The Balaban J connectivity index is 2.92. The molecule has 0 saturated heterocycles. The third kappa shape index (κ3) is 2.78. The quantitative estimate of drug-likeness (QED) is 0.756. The van der Waals surface area contributed by atoms with Gasteiger partial charge in [0, 0.05) is 19.2 Å². The molecule has 0 heterocycles. The Bertz CT molecular complexity index is 312. The molecule has 0 unspecified atom stereocenters. The summed E-state index contributed by atoms with van der Waals surface area (Å²) in [4.78, 5) is 2.27. The van der Waals surface area contributed by atoms with Crippen molar-refractivity contribution in [2.24, 2.45) is 0 Å². The van der Waals surface area contributed by atoms with Crippen LogP contribution >= 0.6 is 0 Å². The van der Waals surface area contributed by atoms with E-state index < -0.39 is 0 Å². The van der Waals surface area contributed by atoms with E-state index >= 15 is 0 Å². The highest BCUT2D eigenvalue weighted by atomic mass is 16.5. The second-order valence-electron chi connectivity index (χ2n) is 3.50. The number of ether oxygens (including phenoxy) is 1. The van der Waals surface area contributed by atoms with Crippen LogP contribution in [0.25, 0.3) is 0 Å². The Morgan fingerprint density at radius 2 is 2.07 bits per heavy atom. The van der Waals surface area contributed by atoms with Crippen molar-refractivity contribution in [3.63, 3.8) is 0 Å². The molecule has 0 spiro atoms. The van der Waals surface area contributed by atoms with Gasteiger partial charge in [-0.15, -0.1) is 0 Å². The summed E-state index contributed by atoms with van der Waals surface area (Å²) in [5.41, 5.74) is 7.86. The fourth-order valence-corrected chi connectivity index (χ4v) is 1.67. The molecule has 0 saturated carbocycles. The minimum Gasteiger partial charge on any atom is -0.497 e. The van der Waals surface area contributed by atoms with Crippen LogP contribution in [0, 0.1) is 0 Å². The van der Waals surface area contributed by atoms with E-state index in [0.717, 1.165) is 36.6 Å². The molecular formula is C12H20N2O. The molecule has 0 radical (unpaired) electrons. The first kappa shape index (κ1) is 11.7. The maximum absolute atomic E-state index is 5.98. The summed E-state index contributed by atoms with van der Waals surface area (Å²) in [6.45, 7) is 6.32. The molecule has 84 valence electrons. The topological polar surface area (TPSA) is 38.5 Å². The van der Waals surface area contributed by atoms with Crippen molar-refractivity contribution in [2.45, 2.75) is 20.3 Å². The lowest BCUT2D eigenvalue weighted by atomic mass is 10.2. The van der Waals surface area contributed by atoms with Crippen LogP contribution in [0.1, 0.15) is 20.3 Å². The van der Waals surface area contributed by atoms with E-state index in [1.54, 1.807) is 7.11 Å². The normalized spacial score (nSPS) is 10.1. The molecule has 0 aliphatic rings. The van der Waals surface area contributed by atoms with Crippen LogP contribution in [0.15, 0.2) is 18.2 Å².